The molecule has 6 amide bonds. The van der Waals surface area contributed by atoms with Gasteiger partial charge in [-0.3, -0.25) is 58.3 Å². The molecule has 4 atom stereocenters. The minimum Gasteiger partial charge on any atom is -0.493 e. The third-order valence-electron chi connectivity index (χ3n) is 18.5. The van der Waals surface area contributed by atoms with Gasteiger partial charge in [-0.1, -0.05) is 84.9 Å². The van der Waals surface area contributed by atoms with Gasteiger partial charge < -0.3 is 39.4 Å². The second kappa shape index (κ2) is 30.5. The molecule has 8 aromatic rings. The normalized spacial score (nSPS) is 16.0. The molecule has 0 aliphatic carbocycles. The molecule has 0 spiro atoms. The first kappa shape index (κ1) is 66.0. The Morgan fingerprint density at radius 2 is 0.832 bits per heavy atom. The van der Waals surface area contributed by atoms with Gasteiger partial charge in [0.1, 0.15) is 0 Å². The van der Waals surface area contributed by atoms with Crippen molar-refractivity contribution < 1.29 is 47.7 Å². The van der Waals surface area contributed by atoms with Crippen LogP contribution in [0.4, 0.5) is 11.4 Å². The Morgan fingerprint density at radius 1 is 0.432 bits per heavy atom. The molecule has 2 saturated heterocycles. The molecule has 6 heterocycles. The van der Waals surface area contributed by atoms with Crippen molar-refractivity contribution in [3.05, 3.63) is 238 Å². The number of methoxy groups -OCH3 is 4. The lowest BCUT2D eigenvalue weighted by Gasteiger charge is -2.39. The summed E-state index contributed by atoms with van der Waals surface area (Å²) in [4.78, 5) is 103. The summed E-state index contributed by atoms with van der Waals surface area (Å²) in [5, 5.41) is 5.92. The first-order chi connectivity index (χ1) is 46.3. The van der Waals surface area contributed by atoms with Gasteiger partial charge in [0, 0.05) is 102 Å². The van der Waals surface area contributed by atoms with Crippen LogP contribution in [0, 0.1) is 0 Å². The number of amides is 6. The van der Waals surface area contributed by atoms with E-state index in [-0.39, 0.29) is 67.6 Å². The van der Waals surface area contributed by atoms with Crippen molar-refractivity contribution in [2.24, 2.45) is 0 Å². The van der Waals surface area contributed by atoms with Crippen LogP contribution in [-0.2, 0) is 22.4 Å². The molecule has 0 radical (unpaired) electrons. The molecule has 2 unspecified atom stereocenters. The Labute approximate surface area is 554 Å². The van der Waals surface area contributed by atoms with E-state index < -0.39 is 18.0 Å². The summed E-state index contributed by atoms with van der Waals surface area (Å²) >= 11 is 0. The van der Waals surface area contributed by atoms with Crippen molar-refractivity contribution in [3.8, 4) is 23.0 Å². The van der Waals surface area contributed by atoms with Crippen LogP contribution >= 0.6 is 0 Å². The van der Waals surface area contributed by atoms with E-state index >= 15 is 0 Å². The smallest absolute Gasteiger partial charge is 0.264 e. The van der Waals surface area contributed by atoms with E-state index in [9.17, 15) is 28.8 Å². The molecule has 2 N–H and O–H groups in total. The van der Waals surface area contributed by atoms with Crippen LogP contribution in [0.1, 0.15) is 119 Å². The number of rotatable bonds is 23. The fourth-order valence-corrected chi connectivity index (χ4v) is 13.2. The van der Waals surface area contributed by atoms with Crippen LogP contribution < -0.4 is 39.4 Å². The average molecular weight is 1280 g/mol. The zero-order valence-electron chi connectivity index (χ0n) is 54.5. The Morgan fingerprint density at radius 3 is 1.25 bits per heavy atom. The summed E-state index contributed by atoms with van der Waals surface area (Å²) in [6.07, 6.45) is 7.23. The molecule has 0 bridgehead atoms. The number of fused-ring (bicyclic) bond motifs is 2. The number of nitrogens with one attached hydrogen (secondary N) is 2. The van der Waals surface area contributed by atoms with E-state index in [4.69, 9.17) is 18.9 Å². The van der Waals surface area contributed by atoms with Gasteiger partial charge in [0.05, 0.1) is 87.0 Å². The molecule has 20 nitrogen and oxygen atoms in total. The Kier molecular flexibility index (Phi) is 21.2. The molecule has 6 aromatic carbocycles. The summed E-state index contributed by atoms with van der Waals surface area (Å²) in [7, 11) is 6.18. The predicted molar refractivity (Wildman–Crippen MR) is 362 cm³/mol. The molecule has 95 heavy (non-hydrogen) atoms. The monoisotopic (exact) mass is 1280 g/mol. The van der Waals surface area contributed by atoms with Crippen LogP contribution in [-0.4, -0.2) is 159 Å². The number of benzene rings is 6. The highest BCUT2D eigenvalue weighted by Crippen LogP contribution is 2.42. The van der Waals surface area contributed by atoms with Gasteiger partial charge in [-0.15, -0.1) is 0 Å². The van der Waals surface area contributed by atoms with Gasteiger partial charge in [-0.25, -0.2) is 0 Å². The fourth-order valence-electron chi connectivity index (χ4n) is 13.2. The molecular formula is C75H80N10O10. The zero-order chi connectivity index (χ0) is 66.5. The summed E-state index contributed by atoms with van der Waals surface area (Å²) in [6.45, 7) is 10.9. The fraction of sp³-hybridized carbons (Fsp3) is 0.307. The third kappa shape index (κ3) is 14.7. The molecule has 2 fully saturated rings. The summed E-state index contributed by atoms with van der Waals surface area (Å²) in [6, 6.07) is 48.8. The lowest BCUT2D eigenvalue weighted by molar-refractivity contribution is -0.121. The number of aromatic nitrogens is 2. The van der Waals surface area contributed by atoms with Gasteiger partial charge in [-0.2, -0.15) is 0 Å². The van der Waals surface area contributed by atoms with Crippen molar-refractivity contribution in [2.45, 2.75) is 57.3 Å². The van der Waals surface area contributed by atoms with E-state index in [1.54, 1.807) is 113 Å². The Hall–Kier alpha value is -10.4. The minimum absolute atomic E-state index is 0.0241. The van der Waals surface area contributed by atoms with Crippen LogP contribution in [0.2, 0.25) is 0 Å². The van der Waals surface area contributed by atoms with Crippen LogP contribution in [0.15, 0.2) is 183 Å². The van der Waals surface area contributed by atoms with E-state index in [0.29, 0.717) is 62.8 Å². The highest BCUT2D eigenvalue weighted by Gasteiger charge is 2.45. The van der Waals surface area contributed by atoms with Crippen LogP contribution in [0.5, 0.6) is 23.0 Å². The Bertz CT molecular complexity index is 4020. The second-order valence-electron chi connectivity index (χ2n) is 23.8. The predicted octanol–water partition coefficient (Wildman–Crippen LogP) is 9.75. The molecule has 4 aliphatic heterocycles. The minimum atomic E-state index is -0.792. The second-order valence-corrected chi connectivity index (χ2v) is 23.8. The number of hydrogen-bond donors (Lipinski definition) is 2. The highest BCUT2D eigenvalue weighted by molar-refractivity contribution is 6.25. The number of imide groups is 2. The average Bonchev–Trinajstić information content (AvgIpc) is 1.61. The molecule has 20 heteroatoms. The molecule has 490 valence electrons. The maximum Gasteiger partial charge on any atom is 0.264 e. The lowest BCUT2D eigenvalue weighted by atomic mass is 10.0. The number of piperazine rings is 2. The zero-order valence-corrected chi connectivity index (χ0v) is 54.5. The maximum atomic E-state index is 14.4. The maximum absolute atomic E-state index is 14.4. The van der Waals surface area contributed by atoms with Crippen LogP contribution in [0.3, 0.4) is 0 Å². The summed E-state index contributed by atoms with van der Waals surface area (Å²) in [5.74, 6) is 0.136. The Balaban J connectivity index is 0.000000193. The molecule has 0 saturated carbocycles. The quantitative estimate of drug-likeness (QED) is 0.0571. The van der Waals surface area contributed by atoms with Crippen LogP contribution in [0.25, 0.3) is 0 Å². The lowest BCUT2D eigenvalue weighted by Crippen LogP contribution is -2.47. The summed E-state index contributed by atoms with van der Waals surface area (Å²) < 4.78 is 22.0. The van der Waals surface area contributed by atoms with Crippen molar-refractivity contribution in [2.75, 3.05) is 104 Å². The van der Waals surface area contributed by atoms with Crippen molar-refractivity contribution in [1.29, 1.82) is 0 Å². The standard InChI is InChI=1S/C38H41N5O5.C37H39N5O5/c1-26(28-8-5-4-6-9-28)41-20-22-42(23-21-41)32-11-7-10-30-36(32)38(46)43(37(30)45)31(29-12-13-33(47-2)34(25-29)48-3)16-19-40-35(44)24-27-14-17-39-18-15-27;1-25(27-8-5-4-6-9-27)40-18-20-41(21-19-40)30-11-7-10-29-35(30)37(45)42(36(29)44)31(28-12-13-32(46-2)33(23-28)47-3)24-39-34(43)22-26-14-16-38-17-15-26/h4-15,17-18,25-26,31H,16,19-24H2,1-3H3,(H,40,44);4-17,23,25,31H,18-22,24H2,1-3H3,(H,39,43)/t26-,31?;25-,31?/m11/s1. The van der Waals surface area contributed by atoms with E-state index in [0.717, 1.165) is 74.9 Å². The number of carbonyl (C=O) groups is 6. The first-order valence-electron chi connectivity index (χ1n) is 32.1. The molecule has 2 aromatic heterocycles. The van der Waals surface area contributed by atoms with E-state index in [1.807, 2.05) is 42.5 Å². The number of carbonyl (C=O) groups excluding carboxylic acids is 6. The van der Waals surface area contributed by atoms with Crippen molar-refractivity contribution in [3.63, 3.8) is 0 Å². The highest BCUT2D eigenvalue weighted by atomic mass is 16.5. The molecule has 12 rings (SSSR count). The third-order valence-corrected chi connectivity index (χ3v) is 18.5. The van der Waals surface area contributed by atoms with Gasteiger partial charge in [0.25, 0.3) is 23.6 Å². The summed E-state index contributed by atoms with van der Waals surface area (Å²) in [5.41, 5.74) is 8.65. The largest absolute Gasteiger partial charge is 0.493 e. The number of pyridine rings is 2. The topological polar surface area (TPSA) is 209 Å². The first-order valence-corrected chi connectivity index (χ1v) is 32.1. The van der Waals surface area contributed by atoms with Gasteiger partial charge in [-0.05, 0) is 126 Å². The number of anilines is 2. The van der Waals surface area contributed by atoms with Crippen molar-refractivity contribution in [1.82, 2.24) is 40.2 Å². The number of hydrogen-bond acceptors (Lipinski definition) is 16. The van der Waals surface area contributed by atoms with E-state index in [2.05, 4.69) is 103 Å². The molecular weight excluding hydrogens is 1200 g/mol. The van der Waals surface area contributed by atoms with E-state index in [1.165, 1.54) is 28.0 Å². The SMILES string of the molecule is COc1ccc(C(CCNC(=O)Cc2ccncc2)N2C(=O)c3cccc(N4CCN([C@H](C)c5ccccc5)CC4)c3C2=O)cc1OC.COc1ccc(C(CNC(=O)Cc2ccncc2)N2C(=O)c3cccc(N4CCN([C@H](C)c5ccccc5)CC4)c3C2=O)cc1OC. The van der Waals surface area contributed by atoms with Crippen molar-refractivity contribution >= 4 is 46.8 Å². The van der Waals surface area contributed by atoms with Gasteiger partial charge >= 0.3 is 0 Å². The number of nitrogens with zero attached hydrogens (tertiary/aromatic N) is 8. The van der Waals surface area contributed by atoms with Gasteiger partial charge in [0.15, 0.2) is 23.0 Å². The van der Waals surface area contributed by atoms with Gasteiger partial charge in [0.2, 0.25) is 11.8 Å². The molecule has 4 aliphatic rings. The number of ether oxygens (including phenoxy) is 4.